The van der Waals surface area contributed by atoms with Crippen molar-refractivity contribution in [1.29, 1.82) is 0 Å². The molecule has 0 fully saturated rings. The second-order valence-electron chi connectivity index (χ2n) is 3.66. The van der Waals surface area contributed by atoms with Crippen molar-refractivity contribution in [2.45, 2.75) is 6.54 Å². The lowest BCUT2D eigenvalue weighted by Gasteiger charge is -2.08. The van der Waals surface area contributed by atoms with Crippen molar-refractivity contribution < 1.29 is 0 Å². The summed E-state index contributed by atoms with van der Waals surface area (Å²) in [5, 5.41) is 1.10. The summed E-state index contributed by atoms with van der Waals surface area (Å²) in [7, 11) is 0. The summed E-state index contributed by atoms with van der Waals surface area (Å²) in [5.41, 5.74) is 6.87. The summed E-state index contributed by atoms with van der Waals surface area (Å²) in [6, 6.07) is 8.18. The Bertz CT molecular complexity index is 608. The maximum atomic E-state index is 11.6. The molecule has 0 spiro atoms. The van der Waals surface area contributed by atoms with E-state index in [2.05, 4.69) is 0 Å². The van der Waals surface area contributed by atoms with E-state index in [0.717, 1.165) is 5.56 Å². The number of aromatic nitrogens is 1. The summed E-state index contributed by atoms with van der Waals surface area (Å²) in [4.78, 5) is 11.6. The first-order chi connectivity index (χ1) is 8.06. The third-order valence-electron chi connectivity index (χ3n) is 2.36. The predicted octanol–water partition coefficient (Wildman–Crippen LogP) is 2.79. The molecule has 1 aromatic carbocycles. The first-order valence-electron chi connectivity index (χ1n) is 4.96. The van der Waals surface area contributed by atoms with Gasteiger partial charge < -0.3 is 10.3 Å². The molecule has 0 unspecified atom stereocenters. The number of hydrogen-bond acceptors (Lipinski definition) is 2. The number of anilines is 1. The first-order valence-corrected chi connectivity index (χ1v) is 5.72. The van der Waals surface area contributed by atoms with Crippen LogP contribution in [-0.4, -0.2) is 4.57 Å². The number of nitrogens with two attached hydrogens (primary N) is 1. The van der Waals surface area contributed by atoms with Gasteiger partial charge in [-0.2, -0.15) is 0 Å². The molecule has 2 N–H and O–H groups in total. The first kappa shape index (κ1) is 12.0. The average molecular weight is 269 g/mol. The molecular formula is C12H10Cl2N2O. The zero-order valence-electron chi connectivity index (χ0n) is 8.86. The highest BCUT2D eigenvalue weighted by atomic mass is 35.5. The Morgan fingerprint density at radius 3 is 2.65 bits per heavy atom. The van der Waals surface area contributed by atoms with Crippen LogP contribution < -0.4 is 11.3 Å². The van der Waals surface area contributed by atoms with E-state index in [0.29, 0.717) is 22.3 Å². The Balaban J connectivity index is 2.38. The zero-order chi connectivity index (χ0) is 12.4. The van der Waals surface area contributed by atoms with Gasteiger partial charge in [-0.1, -0.05) is 29.3 Å². The van der Waals surface area contributed by atoms with Crippen LogP contribution in [0.1, 0.15) is 5.56 Å². The monoisotopic (exact) mass is 268 g/mol. The van der Waals surface area contributed by atoms with E-state index >= 15 is 0 Å². The van der Waals surface area contributed by atoms with Gasteiger partial charge in [0.2, 0.25) is 0 Å². The topological polar surface area (TPSA) is 48.0 Å². The van der Waals surface area contributed by atoms with Crippen LogP contribution in [0.3, 0.4) is 0 Å². The van der Waals surface area contributed by atoms with E-state index in [1.54, 1.807) is 30.5 Å². The van der Waals surface area contributed by atoms with Crippen molar-refractivity contribution in [3.05, 3.63) is 62.5 Å². The van der Waals surface area contributed by atoms with Crippen LogP contribution in [0, 0.1) is 0 Å². The SMILES string of the molecule is Nc1ccc(=O)n(Cc2ccc(Cl)cc2Cl)c1. The van der Waals surface area contributed by atoms with Gasteiger partial charge in [0.1, 0.15) is 0 Å². The molecule has 17 heavy (non-hydrogen) atoms. The minimum Gasteiger partial charge on any atom is -0.398 e. The molecule has 3 nitrogen and oxygen atoms in total. The number of benzene rings is 1. The Hall–Kier alpha value is -1.45. The number of hydrogen-bond donors (Lipinski definition) is 1. The fraction of sp³-hybridized carbons (Fsp3) is 0.0833. The third kappa shape index (κ3) is 2.81. The molecule has 2 rings (SSSR count). The summed E-state index contributed by atoms with van der Waals surface area (Å²) >= 11 is 11.8. The Morgan fingerprint density at radius 1 is 1.18 bits per heavy atom. The zero-order valence-corrected chi connectivity index (χ0v) is 10.4. The van der Waals surface area contributed by atoms with E-state index in [-0.39, 0.29) is 5.56 Å². The van der Waals surface area contributed by atoms with Gasteiger partial charge in [-0.05, 0) is 23.8 Å². The lowest BCUT2D eigenvalue weighted by Crippen LogP contribution is -2.19. The van der Waals surface area contributed by atoms with Crippen LogP contribution in [0.2, 0.25) is 10.0 Å². The van der Waals surface area contributed by atoms with Crippen LogP contribution in [0.25, 0.3) is 0 Å². The summed E-state index contributed by atoms with van der Waals surface area (Å²) in [6.45, 7) is 0.375. The Morgan fingerprint density at radius 2 is 1.94 bits per heavy atom. The fourth-order valence-corrected chi connectivity index (χ4v) is 1.98. The van der Waals surface area contributed by atoms with Crippen LogP contribution in [-0.2, 0) is 6.54 Å². The maximum Gasteiger partial charge on any atom is 0.250 e. The fourth-order valence-electron chi connectivity index (χ4n) is 1.51. The van der Waals surface area contributed by atoms with Crippen LogP contribution in [0.5, 0.6) is 0 Å². The molecule has 0 saturated carbocycles. The molecule has 0 bridgehead atoms. The molecule has 0 radical (unpaired) electrons. The van der Waals surface area contributed by atoms with Crippen molar-refractivity contribution in [3.63, 3.8) is 0 Å². The highest BCUT2D eigenvalue weighted by Crippen LogP contribution is 2.21. The van der Waals surface area contributed by atoms with Gasteiger partial charge in [-0.15, -0.1) is 0 Å². The lowest BCUT2D eigenvalue weighted by molar-refractivity contribution is 0.762. The summed E-state index contributed by atoms with van der Waals surface area (Å²) in [5.74, 6) is 0. The van der Waals surface area contributed by atoms with Crippen molar-refractivity contribution in [2.75, 3.05) is 5.73 Å². The lowest BCUT2D eigenvalue weighted by atomic mass is 10.2. The van der Waals surface area contributed by atoms with Gasteiger partial charge in [-0.3, -0.25) is 4.79 Å². The number of nitrogens with zero attached hydrogens (tertiary/aromatic N) is 1. The van der Waals surface area contributed by atoms with E-state index < -0.39 is 0 Å². The number of pyridine rings is 1. The van der Waals surface area contributed by atoms with E-state index in [4.69, 9.17) is 28.9 Å². The van der Waals surface area contributed by atoms with E-state index in [1.807, 2.05) is 0 Å². The third-order valence-corrected chi connectivity index (χ3v) is 2.95. The number of rotatable bonds is 2. The molecule has 88 valence electrons. The second kappa shape index (κ2) is 4.82. The molecule has 0 aliphatic carbocycles. The minimum atomic E-state index is -0.120. The molecular weight excluding hydrogens is 259 g/mol. The smallest absolute Gasteiger partial charge is 0.250 e. The highest BCUT2D eigenvalue weighted by molar-refractivity contribution is 6.35. The van der Waals surface area contributed by atoms with E-state index in [9.17, 15) is 4.79 Å². The predicted molar refractivity (Wildman–Crippen MR) is 70.7 cm³/mol. The standard InChI is InChI=1S/C12H10Cl2N2O/c13-9-2-1-8(11(14)5-9)6-16-7-10(15)3-4-12(16)17/h1-5,7H,6,15H2. The molecule has 1 aromatic heterocycles. The Labute approximate surface area is 108 Å². The molecule has 0 aliphatic heterocycles. The van der Waals surface area contributed by atoms with Crippen LogP contribution >= 0.6 is 23.2 Å². The molecule has 0 aliphatic rings. The van der Waals surface area contributed by atoms with Gasteiger partial charge >= 0.3 is 0 Å². The van der Waals surface area contributed by atoms with Crippen molar-refractivity contribution in [2.24, 2.45) is 0 Å². The highest BCUT2D eigenvalue weighted by Gasteiger charge is 2.03. The van der Waals surface area contributed by atoms with Crippen molar-refractivity contribution >= 4 is 28.9 Å². The largest absolute Gasteiger partial charge is 0.398 e. The van der Waals surface area contributed by atoms with Crippen molar-refractivity contribution in [1.82, 2.24) is 4.57 Å². The number of nitrogen functional groups attached to an aromatic ring is 1. The van der Waals surface area contributed by atoms with Crippen LogP contribution in [0.15, 0.2) is 41.3 Å². The van der Waals surface area contributed by atoms with Crippen molar-refractivity contribution in [3.8, 4) is 0 Å². The average Bonchev–Trinajstić information content (AvgIpc) is 2.27. The quantitative estimate of drug-likeness (QED) is 0.911. The summed E-state index contributed by atoms with van der Waals surface area (Å²) < 4.78 is 1.50. The van der Waals surface area contributed by atoms with Gasteiger partial charge in [0, 0.05) is 28.0 Å². The molecule has 0 atom stereocenters. The van der Waals surface area contributed by atoms with Crippen LogP contribution in [0.4, 0.5) is 5.69 Å². The van der Waals surface area contributed by atoms with E-state index in [1.165, 1.54) is 10.6 Å². The number of halogens is 2. The molecule has 1 heterocycles. The molecule has 5 heteroatoms. The van der Waals surface area contributed by atoms with Gasteiger partial charge in [0.25, 0.3) is 5.56 Å². The molecule has 0 amide bonds. The Kier molecular flexibility index (Phi) is 3.41. The normalized spacial score (nSPS) is 10.5. The van der Waals surface area contributed by atoms with Gasteiger partial charge in [0.15, 0.2) is 0 Å². The summed E-state index contributed by atoms with van der Waals surface area (Å²) in [6.07, 6.45) is 1.59. The van der Waals surface area contributed by atoms with Gasteiger partial charge in [-0.25, -0.2) is 0 Å². The molecule has 2 aromatic rings. The second-order valence-corrected chi connectivity index (χ2v) is 4.51. The minimum absolute atomic E-state index is 0.120. The molecule has 0 saturated heterocycles. The van der Waals surface area contributed by atoms with Gasteiger partial charge in [0.05, 0.1) is 6.54 Å². The maximum absolute atomic E-state index is 11.6.